The van der Waals surface area contributed by atoms with Crippen molar-refractivity contribution >= 4 is 11.9 Å². The lowest BCUT2D eigenvalue weighted by molar-refractivity contribution is -0.140. The van der Waals surface area contributed by atoms with Crippen molar-refractivity contribution in [3.05, 3.63) is 41.7 Å². The van der Waals surface area contributed by atoms with Crippen molar-refractivity contribution in [2.75, 3.05) is 0 Å². The van der Waals surface area contributed by atoms with E-state index in [1.807, 2.05) is 13.8 Å². The zero-order chi connectivity index (χ0) is 17.5. The van der Waals surface area contributed by atoms with Crippen LogP contribution in [0.3, 0.4) is 0 Å². The van der Waals surface area contributed by atoms with E-state index in [1.165, 1.54) is 16.8 Å². The largest absolute Gasteiger partial charge is 0.480 e. The minimum absolute atomic E-state index is 0.0586. The van der Waals surface area contributed by atoms with Gasteiger partial charge in [-0.2, -0.15) is 0 Å². The summed E-state index contributed by atoms with van der Waals surface area (Å²) in [5.41, 5.74) is -0.760. The second kappa shape index (κ2) is 5.70. The lowest BCUT2D eigenvalue weighted by Gasteiger charge is -2.10. The van der Waals surface area contributed by atoms with Crippen LogP contribution < -0.4 is 5.32 Å². The van der Waals surface area contributed by atoms with Crippen LogP contribution in [0.2, 0.25) is 0 Å². The molecular formula is C16H17FN4O3. The van der Waals surface area contributed by atoms with Crippen molar-refractivity contribution in [3.8, 4) is 5.69 Å². The molecule has 1 saturated carbocycles. The van der Waals surface area contributed by atoms with Gasteiger partial charge >= 0.3 is 5.97 Å². The topological polar surface area (TPSA) is 97.1 Å². The number of benzene rings is 1. The van der Waals surface area contributed by atoms with E-state index < -0.39 is 23.2 Å². The SMILES string of the molecule is CC(C)c1nc(C(=O)NC2(C(=O)O)CC2)nn1-c1cccc(F)c1. The summed E-state index contributed by atoms with van der Waals surface area (Å²) in [6, 6.07) is 5.81. The van der Waals surface area contributed by atoms with Gasteiger partial charge in [-0.05, 0) is 31.0 Å². The molecule has 1 aromatic carbocycles. The Hall–Kier alpha value is -2.77. The van der Waals surface area contributed by atoms with E-state index in [1.54, 1.807) is 12.1 Å². The molecule has 0 bridgehead atoms. The molecule has 0 spiro atoms. The number of aromatic nitrogens is 3. The highest BCUT2D eigenvalue weighted by atomic mass is 19.1. The molecule has 1 aliphatic carbocycles. The van der Waals surface area contributed by atoms with E-state index in [4.69, 9.17) is 5.11 Å². The number of carbonyl (C=O) groups excluding carboxylic acids is 1. The minimum Gasteiger partial charge on any atom is -0.480 e. The van der Waals surface area contributed by atoms with Crippen LogP contribution in [0.1, 0.15) is 49.1 Å². The summed E-state index contributed by atoms with van der Waals surface area (Å²) in [5, 5.41) is 15.8. The van der Waals surface area contributed by atoms with Crippen molar-refractivity contribution in [3.63, 3.8) is 0 Å². The number of aliphatic carboxylic acids is 1. The summed E-state index contributed by atoms with van der Waals surface area (Å²) in [6.45, 7) is 3.75. The highest BCUT2D eigenvalue weighted by molar-refractivity contribution is 5.96. The van der Waals surface area contributed by atoms with Gasteiger partial charge < -0.3 is 10.4 Å². The normalized spacial score (nSPS) is 15.3. The van der Waals surface area contributed by atoms with E-state index in [0.29, 0.717) is 24.4 Å². The molecule has 0 unspecified atom stereocenters. The fraction of sp³-hybridized carbons (Fsp3) is 0.375. The van der Waals surface area contributed by atoms with Crippen molar-refractivity contribution in [1.29, 1.82) is 0 Å². The van der Waals surface area contributed by atoms with Crippen LogP contribution >= 0.6 is 0 Å². The van der Waals surface area contributed by atoms with Crippen molar-refractivity contribution in [2.45, 2.75) is 38.1 Å². The molecule has 126 valence electrons. The summed E-state index contributed by atoms with van der Waals surface area (Å²) >= 11 is 0. The fourth-order valence-corrected chi connectivity index (χ4v) is 2.38. The second-order valence-electron chi connectivity index (χ2n) is 6.18. The van der Waals surface area contributed by atoms with Gasteiger partial charge in [0.2, 0.25) is 5.82 Å². The number of carboxylic acids is 1. The Labute approximate surface area is 137 Å². The third-order valence-corrected chi connectivity index (χ3v) is 3.92. The Morgan fingerprint density at radius 3 is 2.62 bits per heavy atom. The van der Waals surface area contributed by atoms with Gasteiger partial charge in [0.25, 0.3) is 5.91 Å². The number of hydrogen-bond acceptors (Lipinski definition) is 4. The maximum atomic E-state index is 13.5. The van der Waals surface area contributed by atoms with E-state index in [0.717, 1.165) is 0 Å². The lowest BCUT2D eigenvalue weighted by atomic mass is 10.2. The fourth-order valence-electron chi connectivity index (χ4n) is 2.38. The van der Waals surface area contributed by atoms with Gasteiger partial charge in [-0.1, -0.05) is 19.9 Å². The van der Waals surface area contributed by atoms with Gasteiger partial charge in [0.1, 0.15) is 17.2 Å². The summed E-state index contributed by atoms with van der Waals surface area (Å²) in [7, 11) is 0. The minimum atomic E-state index is -1.21. The summed E-state index contributed by atoms with van der Waals surface area (Å²) in [5.74, 6) is -1.83. The quantitative estimate of drug-likeness (QED) is 0.871. The number of nitrogens with zero attached hydrogens (tertiary/aromatic N) is 3. The first-order valence-electron chi connectivity index (χ1n) is 7.61. The molecule has 3 rings (SSSR count). The van der Waals surface area contributed by atoms with Gasteiger partial charge in [-0.3, -0.25) is 4.79 Å². The molecule has 1 amide bonds. The molecule has 1 fully saturated rings. The zero-order valence-corrected chi connectivity index (χ0v) is 13.3. The molecule has 7 nitrogen and oxygen atoms in total. The lowest BCUT2D eigenvalue weighted by Crippen LogP contribution is -2.43. The number of carbonyl (C=O) groups is 2. The van der Waals surface area contributed by atoms with E-state index in [-0.39, 0.29) is 11.7 Å². The number of amides is 1. The number of hydrogen-bond donors (Lipinski definition) is 2. The molecule has 1 aromatic heterocycles. The Morgan fingerprint density at radius 2 is 2.08 bits per heavy atom. The molecule has 1 aliphatic rings. The summed E-state index contributed by atoms with van der Waals surface area (Å²) in [4.78, 5) is 27.7. The Kier molecular flexibility index (Phi) is 3.82. The van der Waals surface area contributed by atoms with Crippen LogP contribution in [0, 0.1) is 5.82 Å². The van der Waals surface area contributed by atoms with Crippen molar-refractivity contribution in [2.24, 2.45) is 0 Å². The zero-order valence-electron chi connectivity index (χ0n) is 13.3. The maximum absolute atomic E-state index is 13.5. The van der Waals surface area contributed by atoms with Gasteiger partial charge in [-0.25, -0.2) is 18.9 Å². The van der Waals surface area contributed by atoms with Crippen LogP contribution in [0.15, 0.2) is 24.3 Å². The van der Waals surface area contributed by atoms with Crippen LogP contribution in [0.25, 0.3) is 5.69 Å². The predicted octanol–water partition coefficient (Wildman–Crippen LogP) is 1.88. The number of halogens is 1. The van der Waals surface area contributed by atoms with Crippen LogP contribution in [-0.2, 0) is 4.79 Å². The second-order valence-corrected chi connectivity index (χ2v) is 6.18. The molecule has 1 heterocycles. The number of rotatable bonds is 5. The molecule has 2 N–H and O–H groups in total. The standard InChI is InChI=1S/C16H17FN4O3/c1-9(2)13-18-12(14(22)19-16(6-7-16)15(23)24)20-21(13)11-5-3-4-10(17)8-11/h3-5,8-9H,6-7H2,1-2H3,(H,19,22)(H,23,24). The van der Waals surface area contributed by atoms with Gasteiger partial charge in [-0.15, -0.1) is 5.10 Å². The highest BCUT2D eigenvalue weighted by Gasteiger charge is 2.52. The molecular weight excluding hydrogens is 315 g/mol. The molecule has 0 aliphatic heterocycles. The number of carboxylic acid groups (broad SMARTS) is 1. The van der Waals surface area contributed by atoms with Crippen molar-refractivity contribution < 1.29 is 19.1 Å². The maximum Gasteiger partial charge on any atom is 0.329 e. The molecule has 0 atom stereocenters. The van der Waals surface area contributed by atoms with Crippen molar-refractivity contribution in [1.82, 2.24) is 20.1 Å². The third kappa shape index (κ3) is 2.86. The first kappa shape index (κ1) is 16.1. The number of nitrogens with one attached hydrogen (secondary N) is 1. The third-order valence-electron chi connectivity index (χ3n) is 3.92. The van der Waals surface area contributed by atoms with E-state index in [2.05, 4.69) is 15.4 Å². The monoisotopic (exact) mass is 332 g/mol. The molecule has 2 aromatic rings. The Morgan fingerprint density at radius 1 is 1.38 bits per heavy atom. The predicted molar refractivity (Wildman–Crippen MR) is 82.5 cm³/mol. The van der Waals surface area contributed by atoms with Crippen LogP contribution in [-0.4, -0.2) is 37.3 Å². The van der Waals surface area contributed by atoms with E-state index in [9.17, 15) is 14.0 Å². The summed E-state index contributed by atoms with van der Waals surface area (Å²) in [6.07, 6.45) is 0.769. The average molecular weight is 332 g/mol. The molecule has 0 saturated heterocycles. The van der Waals surface area contributed by atoms with E-state index >= 15 is 0 Å². The van der Waals surface area contributed by atoms with Crippen LogP contribution in [0.5, 0.6) is 0 Å². The molecule has 8 heteroatoms. The van der Waals surface area contributed by atoms with Gasteiger partial charge in [0, 0.05) is 5.92 Å². The first-order chi connectivity index (χ1) is 11.3. The first-order valence-corrected chi connectivity index (χ1v) is 7.61. The Balaban J connectivity index is 1.94. The smallest absolute Gasteiger partial charge is 0.329 e. The van der Waals surface area contributed by atoms with Crippen LogP contribution in [0.4, 0.5) is 4.39 Å². The average Bonchev–Trinajstić information content (AvgIpc) is 3.15. The highest BCUT2D eigenvalue weighted by Crippen LogP contribution is 2.35. The van der Waals surface area contributed by atoms with Gasteiger partial charge in [0.15, 0.2) is 0 Å². The molecule has 24 heavy (non-hydrogen) atoms. The molecule has 0 radical (unpaired) electrons. The summed E-state index contributed by atoms with van der Waals surface area (Å²) < 4.78 is 14.9. The van der Waals surface area contributed by atoms with Gasteiger partial charge in [0.05, 0.1) is 5.69 Å². The Bertz CT molecular complexity index is 811.